The van der Waals surface area contributed by atoms with E-state index < -0.39 is 11.5 Å². The van der Waals surface area contributed by atoms with Gasteiger partial charge in [-0.2, -0.15) is 0 Å². The predicted octanol–water partition coefficient (Wildman–Crippen LogP) is 4.28. The van der Waals surface area contributed by atoms with E-state index in [0.717, 1.165) is 5.56 Å². The molecule has 134 valence electrons. The smallest absolute Gasteiger partial charge is 0.345 e. The molecule has 0 spiro atoms. The molecule has 1 unspecified atom stereocenters. The van der Waals surface area contributed by atoms with E-state index in [9.17, 15) is 14.0 Å². The van der Waals surface area contributed by atoms with Crippen LogP contribution in [0.5, 0.6) is 0 Å². The number of esters is 1. The number of ether oxygens (including phenoxy) is 1. The molecule has 1 atom stereocenters. The first-order chi connectivity index (χ1) is 12.4. The molecule has 3 rings (SSSR count). The Labute approximate surface area is 153 Å². The number of carbonyl (C=O) groups excluding carboxylic acids is 1. The number of anilines is 1. The Morgan fingerprint density at radius 2 is 1.92 bits per heavy atom. The fraction of sp³-hybridized carbons (Fsp3) is 0.158. The average Bonchev–Trinajstić information content (AvgIpc) is 2.62. The number of hydrogen-bond acceptors (Lipinski definition) is 4. The molecule has 0 aliphatic rings. The SMILES string of the molecule is COC(=O)c1c(NC(C)c2ccc(F)cc2)c2cc(Cl)ccc2[nH]c1=O. The second-order valence-corrected chi connectivity index (χ2v) is 6.24. The number of pyridine rings is 1. The molecule has 1 heterocycles. The van der Waals surface area contributed by atoms with Crippen LogP contribution in [0, 0.1) is 5.82 Å². The molecule has 0 fully saturated rings. The fourth-order valence-corrected chi connectivity index (χ4v) is 2.94. The number of rotatable bonds is 4. The van der Waals surface area contributed by atoms with Gasteiger partial charge in [-0.15, -0.1) is 0 Å². The highest BCUT2D eigenvalue weighted by molar-refractivity contribution is 6.31. The molecular weight excluding hydrogens is 359 g/mol. The van der Waals surface area contributed by atoms with E-state index in [4.69, 9.17) is 16.3 Å². The Morgan fingerprint density at radius 3 is 2.58 bits per heavy atom. The number of carbonyl (C=O) groups is 1. The topological polar surface area (TPSA) is 71.2 Å². The molecule has 0 saturated heterocycles. The summed E-state index contributed by atoms with van der Waals surface area (Å²) in [5.41, 5.74) is 0.921. The summed E-state index contributed by atoms with van der Waals surface area (Å²) < 4.78 is 17.9. The van der Waals surface area contributed by atoms with Gasteiger partial charge < -0.3 is 15.0 Å². The Morgan fingerprint density at radius 1 is 1.23 bits per heavy atom. The van der Waals surface area contributed by atoms with Crippen molar-refractivity contribution in [3.8, 4) is 0 Å². The standard InChI is InChI=1S/C19H16ClFN2O3/c1-10(11-3-6-13(21)7-4-11)22-17-14-9-12(20)5-8-15(14)23-18(24)16(17)19(25)26-2/h3-10H,1-2H3,(H2,22,23,24). The monoisotopic (exact) mass is 374 g/mol. The molecule has 7 heteroatoms. The summed E-state index contributed by atoms with van der Waals surface area (Å²) in [5.74, 6) is -1.11. The van der Waals surface area contributed by atoms with Gasteiger partial charge in [0.15, 0.2) is 0 Å². The maximum atomic E-state index is 13.2. The summed E-state index contributed by atoms with van der Waals surface area (Å²) in [7, 11) is 1.21. The van der Waals surface area contributed by atoms with E-state index in [1.54, 1.807) is 30.3 Å². The first-order valence-corrected chi connectivity index (χ1v) is 8.24. The highest BCUT2D eigenvalue weighted by Gasteiger charge is 2.22. The van der Waals surface area contributed by atoms with Crippen LogP contribution in [0.2, 0.25) is 5.02 Å². The van der Waals surface area contributed by atoms with Gasteiger partial charge in [0, 0.05) is 16.5 Å². The highest BCUT2D eigenvalue weighted by atomic mass is 35.5. The van der Waals surface area contributed by atoms with E-state index in [1.165, 1.54) is 19.2 Å². The van der Waals surface area contributed by atoms with E-state index >= 15 is 0 Å². The van der Waals surface area contributed by atoms with Crippen molar-refractivity contribution in [3.05, 3.63) is 74.8 Å². The third-order valence-electron chi connectivity index (χ3n) is 4.10. The van der Waals surface area contributed by atoms with Gasteiger partial charge in [-0.25, -0.2) is 9.18 Å². The number of nitrogens with one attached hydrogen (secondary N) is 2. The summed E-state index contributed by atoms with van der Waals surface area (Å²) in [4.78, 5) is 27.3. The van der Waals surface area contributed by atoms with Crippen molar-refractivity contribution in [1.29, 1.82) is 0 Å². The third kappa shape index (κ3) is 3.41. The molecule has 1 aromatic heterocycles. The molecule has 2 aromatic carbocycles. The quantitative estimate of drug-likeness (QED) is 0.669. The van der Waals surface area contributed by atoms with Crippen molar-refractivity contribution >= 4 is 34.2 Å². The van der Waals surface area contributed by atoms with Crippen LogP contribution in [0.4, 0.5) is 10.1 Å². The van der Waals surface area contributed by atoms with Gasteiger partial charge in [0.25, 0.3) is 5.56 Å². The second kappa shape index (κ2) is 7.17. The summed E-state index contributed by atoms with van der Waals surface area (Å²) in [6, 6.07) is 10.6. The number of methoxy groups -OCH3 is 1. The van der Waals surface area contributed by atoms with Crippen LogP contribution in [-0.4, -0.2) is 18.1 Å². The number of aromatic amines is 1. The number of benzene rings is 2. The van der Waals surface area contributed by atoms with Crippen molar-refractivity contribution in [2.24, 2.45) is 0 Å². The molecule has 5 nitrogen and oxygen atoms in total. The fourth-order valence-electron chi connectivity index (χ4n) is 2.76. The third-order valence-corrected chi connectivity index (χ3v) is 4.33. The largest absolute Gasteiger partial charge is 0.465 e. The zero-order valence-corrected chi connectivity index (χ0v) is 14.9. The number of hydrogen-bond donors (Lipinski definition) is 2. The second-order valence-electron chi connectivity index (χ2n) is 5.80. The Bertz CT molecular complexity index is 1030. The van der Waals surface area contributed by atoms with Crippen molar-refractivity contribution < 1.29 is 13.9 Å². The van der Waals surface area contributed by atoms with Crippen molar-refractivity contribution in [2.45, 2.75) is 13.0 Å². The van der Waals surface area contributed by atoms with Gasteiger partial charge in [0.1, 0.15) is 11.4 Å². The minimum Gasteiger partial charge on any atom is -0.465 e. The first-order valence-electron chi connectivity index (χ1n) is 7.86. The van der Waals surface area contributed by atoms with Crippen LogP contribution in [0.1, 0.15) is 28.9 Å². The van der Waals surface area contributed by atoms with Gasteiger partial charge in [0.2, 0.25) is 0 Å². The van der Waals surface area contributed by atoms with Gasteiger partial charge in [0.05, 0.1) is 18.3 Å². The number of H-pyrrole nitrogens is 1. The van der Waals surface area contributed by atoms with Crippen LogP contribution in [0.15, 0.2) is 47.3 Å². The summed E-state index contributed by atoms with van der Waals surface area (Å²) in [6.45, 7) is 1.84. The van der Waals surface area contributed by atoms with Gasteiger partial charge in [-0.05, 0) is 42.8 Å². The minimum absolute atomic E-state index is 0.142. The lowest BCUT2D eigenvalue weighted by atomic mass is 10.0. The number of fused-ring (bicyclic) bond motifs is 1. The molecule has 2 N–H and O–H groups in total. The van der Waals surface area contributed by atoms with Crippen LogP contribution in [0.25, 0.3) is 10.9 Å². The van der Waals surface area contributed by atoms with Crippen LogP contribution in [0.3, 0.4) is 0 Å². The molecule has 26 heavy (non-hydrogen) atoms. The molecule has 0 amide bonds. The predicted molar refractivity (Wildman–Crippen MR) is 99.4 cm³/mol. The van der Waals surface area contributed by atoms with E-state index in [2.05, 4.69) is 10.3 Å². The highest BCUT2D eigenvalue weighted by Crippen LogP contribution is 2.30. The Hall–Kier alpha value is -2.86. The van der Waals surface area contributed by atoms with Gasteiger partial charge in [-0.1, -0.05) is 23.7 Å². The van der Waals surface area contributed by atoms with Crippen LogP contribution in [-0.2, 0) is 4.74 Å². The van der Waals surface area contributed by atoms with E-state index in [-0.39, 0.29) is 17.4 Å². The molecule has 0 saturated carbocycles. The summed E-state index contributed by atoms with van der Waals surface area (Å²) in [6.07, 6.45) is 0. The lowest BCUT2D eigenvalue weighted by molar-refractivity contribution is 0.0600. The van der Waals surface area contributed by atoms with Crippen molar-refractivity contribution in [2.75, 3.05) is 12.4 Å². The maximum Gasteiger partial charge on any atom is 0.345 e. The first kappa shape index (κ1) is 17.9. The van der Waals surface area contributed by atoms with E-state index in [0.29, 0.717) is 21.6 Å². The lowest BCUT2D eigenvalue weighted by Crippen LogP contribution is -2.23. The summed E-state index contributed by atoms with van der Waals surface area (Å²) >= 11 is 6.09. The normalized spacial score (nSPS) is 12.0. The molecule has 0 aliphatic carbocycles. The number of aromatic nitrogens is 1. The minimum atomic E-state index is -0.762. The zero-order chi connectivity index (χ0) is 18.8. The van der Waals surface area contributed by atoms with Gasteiger partial charge in [-0.3, -0.25) is 4.79 Å². The zero-order valence-electron chi connectivity index (χ0n) is 14.1. The molecule has 3 aromatic rings. The Kier molecular flexibility index (Phi) is 4.95. The summed E-state index contributed by atoms with van der Waals surface area (Å²) in [5, 5.41) is 4.20. The van der Waals surface area contributed by atoms with Crippen molar-refractivity contribution in [1.82, 2.24) is 4.98 Å². The maximum absolute atomic E-state index is 13.2. The molecule has 0 radical (unpaired) electrons. The lowest BCUT2D eigenvalue weighted by Gasteiger charge is -2.19. The average molecular weight is 375 g/mol. The molecule has 0 bridgehead atoms. The van der Waals surface area contributed by atoms with Crippen LogP contribution >= 0.6 is 11.6 Å². The van der Waals surface area contributed by atoms with Gasteiger partial charge >= 0.3 is 5.97 Å². The van der Waals surface area contributed by atoms with Crippen LogP contribution < -0.4 is 10.9 Å². The Balaban J connectivity index is 2.17. The van der Waals surface area contributed by atoms with Crippen molar-refractivity contribution in [3.63, 3.8) is 0 Å². The van der Waals surface area contributed by atoms with E-state index in [1.807, 2.05) is 6.92 Å². The molecule has 0 aliphatic heterocycles. The molecular formula is C19H16ClFN2O3. The number of halogens is 2.